The van der Waals surface area contributed by atoms with Crippen LogP contribution >= 0.6 is 0 Å². The summed E-state index contributed by atoms with van der Waals surface area (Å²) in [6.45, 7) is 5.98. The van der Waals surface area contributed by atoms with E-state index in [0.29, 0.717) is 24.0 Å². The minimum atomic E-state index is -1.05. The zero-order valence-electron chi connectivity index (χ0n) is 15.2. The molecule has 7 nitrogen and oxygen atoms in total. The number of hydrogen-bond acceptors (Lipinski definition) is 4. The van der Waals surface area contributed by atoms with Gasteiger partial charge >= 0.3 is 6.09 Å². The Morgan fingerprint density at radius 2 is 1.77 bits per heavy atom. The molecule has 0 saturated heterocycles. The zero-order valence-corrected chi connectivity index (χ0v) is 15.2. The molecule has 1 aliphatic carbocycles. The van der Waals surface area contributed by atoms with E-state index in [1.54, 1.807) is 24.3 Å². The Morgan fingerprint density at radius 1 is 1.19 bits per heavy atom. The van der Waals surface area contributed by atoms with Crippen molar-refractivity contribution in [2.75, 3.05) is 0 Å². The molecule has 26 heavy (non-hydrogen) atoms. The van der Waals surface area contributed by atoms with Crippen LogP contribution in [0.3, 0.4) is 0 Å². The second-order valence-corrected chi connectivity index (χ2v) is 8.04. The number of carboxylic acid groups (broad SMARTS) is 1. The standard InChI is InChI=1S/C19H24N2O5/c1-19(2,3)15(20-18(24)25)11-8-9-12(10-11)26-21-16(22)13-6-4-5-7-14(13)17(21)23/h4-7,11-12,15,20H,8-10H2,1-3H3,(H,24,25)/t11-,12-,15?/m0/s1. The fraction of sp³-hybridized carbons (Fsp3) is 0.526. The van der Waals surface area contributed by atoms with Crippen molar-refractivity contribution >= 4 is 17.9 Å². The first-order valence-electron chi connectivity index (χ1n) is 8.82. The van der Waals surface area contributed by atoms with E-state index in [0.717, 1.165) is 11.5 Å². The quantitative estimate of drug-likeness (QED) is 0.805. The second-order valence-electron chi connectivity index (χ2n) is 8.04. The summed E-state index contributed by atoms with van der Waals surface area (Å²) in [7, 11) is 0. The summed E-state index contributed by atoms with van der Waals surface area (Å²) in [5, 5.41) is 12.6. The molecule has 0 bridgehead atoms. The van der Waals surface area contributed by atoms with Gasteiger partial charge in [-0.2, -0.15) is 0 Å². The Kier molecular flexibility index (Phi) is 4.75. The third kappa shape index (κ3) is 3.44. The fourth-order valence-electron chi connectivity index (χ4n) is 3.96. The van der Waals surface area contributed by atoms with Gasteiger partial charge in [-0.3, -0.25) is 14.4 Å². The SMILES string of the molecule is CC(C)(C)C(NC(=O)O)[C@H]1CC[C@H](ON2C(=O)c3ccccc3C2=O)C1. The topological polar surface area (TPSA) is 95.9 Å². The summed E-state index contributed by atoms with van der Waals surface area (Å²) >= 11 is 0. The Morgan fingerprint density at radius 3 is 2.27 bits per heavy atom. The molecule has 1 unspecified atom stereocenters. The third-order valence-electron chi connectivity index (χ3n) is 5.12. The number of carbonyl (C=O) groups excluding carboxylic acids is 2. The molecule has 1 aromatic rings. The zero-order chi connectivity index (χ0) is 19.1. The number of nitrogens with one attached hydrogen (secondary N) is 1. The molecule has 3 rings (SSSR count). The molecular weight excluding hydrogens is 336 g/mol. The summed E-state index contributed by atoms with van der Waals surface area (Å²) in [5.74, 6) is -0.790. The van der Waals surface area contributed by atoms with Crippen LogP contribution in [0.1, 0.15) is 60.7 Å². The highest BCUT2D eigenvalue weighted by Crippen LogP contribution is 2.38. The van der Waals surface area contributed by atoms with Crippen LogP contribution in [0.25, 0.3) is 0 Å². The number of rotatable bonds is 4. The number of carbonyl (C=O) groups is 3. The molecule has 140 valence electrons. The lowest BCUT2D eigenvalue weighted by Crippen LogP contribution is -2.47. The van der Waals surface area contributed by atoms with E-state index in [4.69, 9.17) is 9.94 Å². The molecule has 2 aliphatic rings. The Hall–Kier alpha value is -2.41. The second kappa shape index (κ2) is 6.72. The van der Waals surface area contributed by atoms with Crippen molar-refractivity contribution in [3.8, 4) is 0 Å². The average molecular weight is 360 g/mol. The van der Waals surface area contributed by atoms with Crippen LogP contribution in [0.2, 0.25) is 0 Å². The van der Waals surface area contributed by atoms with Gasteiger partial charge in [-0.05, 0) is 42.7 Å². The van der Waals surface area contributed by atoms with Crippen LogP contribution in [0.15, 0.2) is 24.3 Å². The number of benzene rings is 1. The van der Waals surface area contributed by atoms with Crippen molar-refractivity contribution in [1.29, 1.82) is 0 Å². The van der Waals surface area contributed by atoms with E-state index in [9.17, 15) is 14.4 Å². The number of fused-ring (bicyclic) bond motifs is 1. The molecule has 1 aromatic carbocycles. The number of amides is 3. The van der Waals surface area contributed by atoms with Gasteiger partial charge in [0.15, 0.2) is 0 Å². The molecule has 3 atom stereocenters. The van der Waals surface area contributed by atoms with Crippen molar-refractivity contribution < 1.29 is 24.3 Å². The van der Waals surface area contributed by atoms with Crippen LogP contribution < -0.4 is 5.32 Å². The summed E-state index contributed by atoms with van der Waals surface area (Å²) in [5.41, 5.74) is 0.465. The smallest absolute Gasteiger partial charge is 0.404 e. The highest BCUT2D eigenvalue weighted by atomic mass is 16.7. The normalized spacial score (nSPS) is 23.9. The van der Waals surface area contributed by atoms with Crippen molar-refractivity contribution in [3.05, 3.63) is 35.4 Å². The maximum absolute atomic E-state index is 12.4. The Labute approximate surface area is 152 Å². The number of nitrogens with zero attached hydrogens (tertiary/aromatic N) is 1. The monoisotopic (exact) mass is 360 g/mol. The minimum Gasteiger partial charge on any atom is -0.465 e. The summed E-state index contributed by atoms with van der Waals surface area (Å²) in [6.07, 6.45) is 0.703. The van der Waals surface area contributed by atoms with Crippen molar-refractivity contribution in [2.24, 2.45) is 11.3 Å². The van der Waals surface area contributed by atoms with Gasteiger partial charge in [0.1, 0.15) is 0 Å². The van der Waals surface area contributed by atoms with E-state index in [-0.39, 0.29) is 23.5 Å². The number of hydroxylamine groups is 2. The molecule has 7 heteroatoms. The highest BCUT2D eigenvalue weighted by molar-refractivity contribution is 6.20. The first kappa shape index (κ1) is 18.4. The lowest BCUT2D eigenvalue weighted by atomic mass is 9.78. The minimum absolute atomic E-state index is 0.0892. The third-order valence-corrected chi connectivity index (χ3v) is 5.12. The Bertz CT molecular complexity index is 705. The molecule has 3 amide bonds. The van der Waals surface area contributed by atoms with Gasteiger partial charge in [0.05, 0.1) is 17.2 Å². The Balaban J connectivity index is 1.68. The molecule has 0 radical (unpaired) electrons. The molecular formula is C19H24N2O5. The van der Waals surface area contributed by atoms with E-state index in [2.05, 4.69) is 5.32 Å². The van der Waals surface area contributed by atoms with Crippen LogP contribution in [-0.4, -0.2) is 40.2 Å². The molecule has 1 saturated carbocycles. The molecule has 1 fully saturated rings. The maximum atomic E-state index is 12.4. The van der Waals surface area contributed by atoms with Crippen LogP contribution in [0.5, 0.6) is 0 Å². The lowest BCUT2D eigenvalue weighted by Gasteiger charge is -2.35. The predicted octanol–water partition coefficient (Wildman–Crippen LogP) is 3.07. The van der Waals surface area contributed by atoms with Crippen molar-refractivity contribution in [1.82, 2.24) is 10.4 Å². The van der Waals surface area contributed by atoms with E-state index in [1.165, 1.54) is 0 Å². The van der Waals surface area contributed by atoms with Crippen LogP contribution in [0, 0.1) is 11.3 Å². The summed E-state index contributed by atoms with van der Waals surface area (Å²) in [6, 6.07) is 6.43. The largest absolute Gasteiger partial charge is 0.465 e. The van der Waals surface area contributed by atoms with Crippen molar-refractivity contribution in [2.45, 2.75) is 52.2 Å². The van der Waals surface area contributed by atoms with Gasteiger partial charge in [-0.25, -0.2) is 4.79 Å². The number of imide groups is 1. The van der Waals surface area contributed by atoms with Crippen molar-refractivity contribution in [3.63, 3.8) is 0 Å². The van der Waals surface area contributed by atoms with E-state index < -0.39 is 17.9 Å². The molecule has 1 heterocycles. The number of hydrogen-bond donors (Lipinski definition) is 2. The van der Waals surface area contributed by atoms with Gasteiger partial charge in [-0.1, -0.05) is 32.9 Å². The van der Waals surface area contributed by atoms with Gasteiger partial charge < -0.3 is 10.4 Å². The van der Waals surface area contributed by atoms with Gasteiger partial charge in [0.2, 0.25) is 0 Å². The summed E-state index contributed by atoms with van der Waals surface area (Å²) < 4.78 is 0. The highest BCUT2D eigenvalue weighted by Gasteiger charge is 2.42. The first-order valence-corrected chi connectivity index (χ1v) is 8.82. The molecule has 0 aromatic heterocycles. The van der Waals surface area contributed by atoms with Gasteiger partial charge in [-0.15, -0.1) is 5.06 Å². The molecule has 1 aliphatic heterocycles. The first-order chi connectivity index (χ1) is 12.2. The maximum Gasteiger partial charge on any atom is 0.404 e. The van der Waals surface area contributed by atoms with Crippen LogP contribution in [-0.2, 0) is 4.84 Å². The lowest BCUT2D eigenvalue weighted by molar-refractivity contribution is -0.130. The van der Waals surface area contributed by atoms with E-state index in [1.807, 2.05) is 20.8 Å². The molecule has 2 N–H and O–H groups in total. The van der Waals surface area contributed by atoms with Gasteiger partial charge in [0, 0.05) is 6.04 Å². The molecule has 0 spiro atoms. The predicted molar refractivity (Wildman–Crippen MR) is 93.6 cm³/mol. The summed E-state index contributed by atoms with van der Waals surface area (Å²) in [4.78, 5) is 41.7. The van der Waals surface area contributed by atoms with Gasteiger partial charge in [0.25, 0.3) is 11.8 Å². The van der Waals surface area contributed by atoms with Crippen LogP contribution in [0.4, 0.5) is 4.79 Å². The average Bonchev–Trinajstić information content (AvgIpc) is 3.11. The fourth-order valence-corrected chi connectivity index (χ4v) is 3.96. The van der Waals surface area contributed by atoms with E-state index >= 15 is 0 Å².